The van der Waals surface area contributed by atoms with Crippen molar-refractivity contribution < 1.29 is 19.4 Å². The van der Waals surface area contributed by atoms with E-state index in [0.29, 0.717) is 11.4 Å². The lowest BCUT2D eigenvalue weighted by molar-refractivity contribution is -0.139. The highest BCUT2D eigenvalue weighted by Gasteiger charge is 2.08. The number of hydrogen-bond donors (Lipinski definition) is 2. The van der Waals surface area contributed by atoms with E-state index in [1.165, 1.54) is 6.92 Å². The first-order valence-electron chi connectivity index (χ1n) is 5.13. The summed E-state index contributed by atoms with van der Waals surface area (Å²) < 4.78 is 5.18. The third-order valence-electron chi connectivity index (χ3n) is 2.12. The number of amides is 1. The molecule has 0 radical (unpaired) electrons. The van der Waals surface area contributed by atoms with Crippen LogP contribution in [0.5, 0.6) is 5.75 Å². The van der Waals surface area contributed by atoms with Gasteiger partial charge in [0.25, 0.3) is 0 Å². The van der Waals surface area contributed by atoms with Gasteiger partial charge in [0.15, 0.2) is 6.61 Å². The Morgan fingerprint density at radius 2 is 1.82 bits per heavy atom. The summed E-state index contributed by atoms with van der Waals surface area (Å²) in [6, 6.07) is 3.48. The second-order valence-corrected chi connectivity index (χ2v) is 3.80. The fraction of sp³-hybridized carbons (Fsp3) is 0.333. The Kier molecular flexibility index (Phi) is 4.09. The molecule has 5 nitrogen and oxygen atoms in total. The topological polar surface area (TPSA) is 75.6 Å². The van der Waals surface area contributed by atoms with Gasteiger partial charge in [0.05, 0.1) is 0 Å². The average molecular weight is 237 g/mol. The minimum atomic E-state index is -1.02. The van der Waals surface area contributed by atoms with E-state index in [-0.39, 0.29) is 12.5 Å². The molecule has 0 saturated carbocycles. The zero-order chi connectivity index (χ0) is 13.0. The number of ether oxygens (including phenoxy) is 1. The molecule has 1 rings (SSSR count). The normalized spacial score (nSPS) is 9.82. The van der Waals surface area contributed by atoms with Gasteiger partial charge in [0, 0.05) is 12.6 Å². The quantitative estimate of drug-likeness (QED) is 0.836. The van der Waals surface area contributed by atoms with Crippen LogP contribution in [-0.4, -0.2) is 23.6 Å². The number of aliphatic carboxylic acids is 1. The number of carbonyl (C=O) groups is 2. The van der Waals surface area contributed by atoms with Crippen molar-refractivity contribution in [3.05, 3.63) is 23.3 Å². The number of nitrogens with one attached hydrogen (secondary N) is 1. The van der Waals surface area contributed by atoms with Crippen molar-refractivity contribution in [2.24, 2.45) is 0 Å². The van der Waals surface area contributed by atoms with Gasteiger partial charge in [0.1, 0.15) is 5.75 Å². The molecule has 92 valence electrons. The number of benzene rings is 1. The van der Waals surface area contributed by atoms with E-state index in [4.69, 9.17) is 9.84 Å². The number of carboxylic acid groups (broad SMARTS) is 1. The lowest BCUT2D eigenvalue weighted by Gasteiger charge is -2.12. The molecule has 0 atom stereocenters. The lowest BCUT2D eigenvalue weighted by Crippen LogP contribution is -2.11. The summed E-state index contributed by atoms with van der Waals surface area (Å²) in [6.07, 6.45) is 0. The fourth-order valence-corrected chi connectivity index (χ4v) is 1.59. The summed E-state index contributed by atoms with van der Waals surface area (Å²) in [5, 5.41) is 11.2. The smallest absolute Gasteiger partial charge is 0.341 e. The Balaban J connectivity index is 2.93. The number of aryl methyl sites for hydroxylation is 2. The van der Waals surface area contributed by atoms with Crippen LogP contribution in [0.4, 0.5) is 5.69 Å². The van der Waals surface area contributed by atoms with Crippen molar-refractivity contribution in [2.75, 3.05) is 11.9 Å². The summed E-state index contributed by atoms with van der Waals surface area (Å²) in [5.41, 5.74) is 2.25. The Bertz CT molecular complexity index is 431. The van der Waals surface area contributed by atoms with Gasteiger partial charge < -0.3 is 15.2 Å². The van der Waals surface area contributed by atoms with Crippen molar-refractivity contribution in [1.29, 1.82) is 0 Å². The second-order valence-electron chi connectivity index (χ2n) is 3.80. The van der Waals surface area contributed by atoms with Crippen molar-refractivity contribution in [3.63, 3.8) is 0 Å². The molecule has 0 unspecified atom stereocenters. The van der Waals surface area contributed by atoms with E-state index >= 15 is 0 Å². The maximum Gasteiger partial charge on any atom is 0.341 e. The van der Waals surface area contributed by atoms with Crippen molar-refractivity contribution in [3.8, 4) is 5.75 Å². The molecule has 2 N–H and O–H groups in total. The summed E-state index contributed by atoms with van der Waals surface area (Å²) in [6.45, 7) is 4.66. The molecule has 0 aliphatic rings. The molecule has 0 aromatic heterocycles. The maximum absolute atomic E-state index is 10.9. The van der Waals surface area contributed by atoms with Gasteiger partial charge in [-0.2, -0.15) is 0 Å². The highest BCUT2D eigenvalue weighted by Crippen LogP contribution is 2.27. The molecule has 5 heteroatoms. The minimum Gasteiger partial charge on any atom is -0.481 e. The van der Waals surface area contributed by atoms with Crippen LogP contribution in [0.1, 0.15) is 18.1 Å². The minimum absolute atomic E-state index is 0.150. The van der Waals surface area contributed by atoms with E-state index < -0.39 is 5.97 Å². The molecule has 17 heavy (non-hydrogen) atoms. The third kappa shape index (κ3) is 3.79. The molecule has 0 bridgehead atoms. The average Bonchev–Trinajstić information content (AvgIpc) is 2.14. The van der Waals surface area contributed by atoms with Crippen LogP contribution in [0.3, 0.4) is 0 Å². The van der Waals surface area contributed by atoms with Crippen LogP contribution in [0.15, 0.2) is 12.1 Å². The number of rotatable bonds is 4. The zero-order valence-corrected chi connectivity index (χ0v) is 10.0. The zero-order valence-electron chi connectivity index (χ0n) is 10.0. The third-order valence-corrected chi connectivity index (χ3v) is 2.12. The highest BCUT2D eigenvalue weighted by atomic mass is 16.5. The molecule has 1 aromatic rings. The summed E-state index contributed by atoms with van der Waals surface area (Å²) in [5.74, 6) is -0.626. The number of anilines is 1. The van der Waals surface area contributed by atoms with Gasteiger partial charge >= 0.3 is 5.97 Å². The van der Waals surface area contributed by atoms with Gasteiger partial charge in [-0.3, -0.25) is 4.79 Å². The lowest BCUT2D eigenvalue weighted by atomic mass is 10.1. The summed E-state index contributed by atoms with van der Waals surface area (Å²) in [7, 11) is 0. The van der Waals surface area contributed by atoms with E-state index in [9.17, 15) is 9.59 Å². The Labute approximate surface area is 99.4 Å². The molecular formula is C12H15NO4. The first-order valence-corrected chi connectivity index (χ1v) is 5.13. The predicted molar refractivity (Wildman–Crippen MR) is 63.4 cm³/mol. The van der Waals surface area contributed by atoms with Crippen LogP contribution in [0.25, 0.3) is 0 Å². The molecule has 0 saturated heterocycles. The van der Waals surface area contributed by atoms with E-state index in [1.54, 1.807) is 26.0 Å². The van der Waals surface area contributed by atoms with Crippen molar-refractivity contribution in [1.82, 2.24) is 0 Å². The van der Waals surface area contributed by atoms with Crippen LogP contribution in [-0.2, 0) is 9.59 Å². The second kappa shape index (κ2) is 5.34. The fourth-order valence-electron chi connectivity index (χ4n) is 1.59. The molecule has 1 aromatic carbocycles. The van der Waals surface area contributed by atoms with Gasteiger partial charge in [-0.05, 0) is 37.1 Å². The van der Waals surface area contributed by atoms with Gasteiger partial charge in [-0.25, -0.2) is 4.79 Å². The van der Waals surface area contributed by atoms with Crippen LogP contribution >= 0.6 is 0 Å². The van der Waals surface area contributed by atoms with Crippen molar-refractivity contribution >= 4 is 17.6 Å². The van der Waals surface area contributed by atoms with Gasteiger partial charge in [-0.15, -0.1) is 0 Å². The van der Waals surface area contributed by atoms with Gasteiger partial charge in [0.2, 0.25) is 5.91 Å². The number of carbonyl (C=O) groups excluding carboxylic acids is 1. The number of hydrogen-bond acceptors (Lipinski definition) is 3. The molecule has 1 amide bonds. The van der Waals surface area contributed by atoms with E-state index in [0.717, 1.165) is 11.1 Å². The van der Waals surface area contributed by atoms with Crippen LogP contribution in [0, 0.1) is 13.8 Å². The molecule has 0 heterocycles. The predicted octanol–water partition coefficient (Wildman–Crippen LogP) is 1.73. The molecule has 0 aliphatic heterocycles. The molecule has 0 aliphatic carbocycles. The van der Waals surface area contributed by atoms with E-state index in [1.807, 2.05) is 0 Å². The first-order chi connectivity index (χ1) is 7.90. The number of carboxylic acids is 1. The molecule has 0 spiro atoms. The standard InChI is InChI=1S/C12H15NO4/c1-7-4-10(13-9(3)14)5-8(2)12(7)17-6-11(15)16/h4-5H,6H2,1-3H3,(H,13,14)(H,15,16). The molecular weight excluding hydrogens is 222 g/mol. The summed E-state index contributed by atoms with van der Waals surface area (Å²) >= 11 is 0. The van der Waals surface area contributed by atoms with Crippen molar-refractivity contribution in [2.45, 2.75) is 20.8 Å². The summed E-state index contributed by atoms with van der Waals surface area (Å²) in [4.78, 5) is 21.3. The largest absolute Gasteiger partial charge is 0.481 e. The van der Waals surface area contributed by atoms with E-state index in [2.05, 4.69) is 5.32 Å². The highest BCUT2D eigenvalue weighted by molar-refractivity contribution is 5.89. The monoisotopic (exact) mass is 237 g/mol. The Morgan fingerprint density at radius 1 is 1.29 bits per heavy atom. The van der Waals surface area contributed by atoms with Gasteiger partial charge in [-0.1, -0.05) is 0 Å². The maximum atomic E-state index is 10.9. The Hall–Kier alpha value is -2.04. The Morgan fingerprint density at radius 3 is 2.24 bits per heavy atom. The first kappa shape index (κ1) is 13.0. The molecule has 0 fully saturated rings. The SMILES string of the molecule is CC(=O)Nc1cc(C)c(OCC(=O)O)c(C)c1. The van der Waals surface area contributed by atoms with Crippen LogP contribution < -0.4 is 10.1 Å². The van der Waals surface area contributed by atoms with Crippen LogP contribution in [0.2, 0.25) is 0 Å².